The van der Waals surface area contributed by atoms with E-state index in [4.69, 9.17) is 9.47 Å². The summed E-state index contributed by atoms with van der Waals surface area (Å²) in [6, 6.07) is 13.0. The Balaban J connectivity index is 1.88. The predicted molar refractivity (Wildman–Crippen MR) is 136 cm³/mol. The molecule has 0 radical (unpaired) electrons. The van der Waals surface area contributed by atoms with Crippen molar-refractivity contribution in [2.75, 3.05) is 44.6 Å². The number of rotatable bonds is 10. The van der Waals surface area contributed by atoms with Gasteiger partial charge in [-0.05, 0) is 66.8 Å². The van der Waals surface area contributed by atoms with Crippen molar-refractivity contribution >= 4 is 23.2 Å². The van der Waals surface area contributed by atoms with Gasteiger partial charge >= 0.3 is 0 Å². The Kier molecular flexibility index (Phi) is 8.93. The van der Waals surface area contributed by atoms with Crippen molar-refractivity contribution in [2.45, 2.75) is 45.8 Å². The van der Waals surface area contributed by atoms with Gasteiger partial charge < -0.3 is 24.6 Å². The minimum atomic E-state index is -0.0582. The van der Waals surface area contributed by atoms with Gasteiger partial charge in [-0.15, -0.1) is 0 Å². The normalized spacial score (nSPS) is 15.3. The molecule has 2 aromatic rings. The summed E-state index contributed by atoms with van der Waals surface area (Å²) < 4.78 is 11.1. The predicted octanol–water partition coefficient (Wildman–Crippen LogP) is 4.57. The van der Waals surface area contributed by atoms with Crippen molar-refractivity contribution < 1.29 is 19.1 Å². The van der Waals surface area contributed by atoms with Crippen LogP contribution in [0.3, 0.4) is 0 Å². The van der Waals surface area contributed by atoms with Gasteiger partial charge in [-0.2, -0.15) is 0 Å². The van der Waals surface area contributed by atoms with Gasteiger partial charge in [0.1, 0.15) is 5.75 Å². The lowest BCUT2D eigenvalue weighted by atomic mass is 10.1. The number of ether oxygens (including phenoxy) is 2. The van der Waals surface area contributed by atoms with Crippen molar-refractivity contribution in [1.82, 2.24) is 4.90 Å². The molecule has 0 saturated carbocycles. The van der Waals surface area contributed by atoms with Crippen molar-refractivity contribution in [3.05, 3.63) is 53.6 Å². The minimum absolute atomic E-state index is 0.0101. The fourth-order valence-corrected chi connectivity index (χ4v) is 4.18. The van der Waals surface area contributed by atoms with Crippen molar-refractivity contribution in [1.29, 1.82) is 0 Å². The molecule has 2 amide bonds. The molecule has 1 fully saturated rings. The lowest BCUT2D eigenvalue weighted by Gasteiger charge is -2.28. The van der Waals surface area contributed by atoms with Crippen LogP contribution < -0.4 is 15.0 Å². The van der Waals surface area contributed by atoms with E-state index in [-0.39, 0.29) is 23.8 Å². The molecule has 0 unspecified atom stereocenters. The van der Waals surface area contributed by atoms with E-state index in [9.17, 15) is 9.59 Å². The molecule has 1 heterocycles. The van der Waals surface area contributed by atoms with Gasteiger partial charge in [0.2, 0.25) is 5.91 Å². The Morgan fingerprint density at radius 1 is 1.15 bits per heavy atom. The smallest absolute Gasteiger partial charge is 0.254 e. The zero-order chi connectivity index (χ0) is 24.7. The highest BCUT2D eigenvalue weighted by molar-refractivity contribution is 5.94. The lowest BCUT2D eigenvalue weighted by molar-refractivity contribution is -0.116. The van der Waals surface area contributed by atoms with E-state index in [1.54, 1.807) is 31.4 Å². The number of methoxy groups -OCH3 is 1. The third-order valence-electron chi connectivity index (χ3n) is 5.87. The molecule has 7 nitrogen and oxygen atoms in total. The molecule has 1 N–H and O–H groups in total. The summed E-state index contributed by atoms with van der Waals surface area (Å²) in [5, 5.41) is 3.00. The standard InChI is InChI=1S/C27H37N3O4/c1-19(2)15-26(31)28-22-10-13-25(29(3)4)21(16-22)17-30(18-24-7-6-14-34-24)27(32)20-8-11-23(33-5)12-9-20/h8-13,16,19,24H,6-7,14-15,17-18H2,1-5H3,(H,28,31)/t24-/m0/s1. The number of anilines is 2. The van der Waals surface area contributed by atoms with E-state index >= 15 is 0 Å². The van der Waals surface area contributed by atoms with E-state index in [0.717, 1.165) is 36.4 Å². The molecule has 1 saturated heterocycles. The van der Waals surface area contributed by atoms with Crippen LogP contribution in [0.25, 0.3) is 0 Å². The molecule has 7 heteroatoms. The van der Waals surface area contributed by atoms with Crippen LogP contribution >= 0.6 is 0 Å². The number of nitrogens with one attached hydrogen (secondary N) is 1. The molecule has 1 atom stereocenters. The third kappa shape index (κ3) is 6.97. The van der Waals surface area contributed by atoms with E-state index < -0.39 is 0 Å². The van der Waals surface area contributed by atoms with Crippen LogP contribution in [0.2, 0.25) is 0 Å². The minimum Gasteiger partial charge on any atom is -0.497 e. The molecule has 0 bridgehead atoms. The first-order valence-electron chi connectivity index (χ1n) is 11.9. The average molecular weight is 468 g/mol. The van der Waals surface area contributed by atoms with Gasteiger partial charge in [-0.3, -0.25) is 9.59 Å². The van der Waals surface area contributed by atoms with Gasteiger partial charge in [-0.1, -0.05) is 13.8 Å². The molecule has 2 aromatic carbocycles. The summed E-state index contributed by atoms with van der Waals surface area (Å²) in [7, 11) is 5.56. The third-order valence-corrected chi connectivity index (χ3v) is 5.87. The number of amides is 2. The monoisotopic (exact) mass is 467 g/mol. The highest BCUT2D eigenvalue weighted by Gasteiger charge is 2.25. The first-order valence-corrected chi connectivity index (χ1v) is 11.9. The summed E-state index contributed by atoms with van der Waals surface area (Å²) in [6.45, 7) is 5.70. The Bertz CT molecular complexity index is 966. The number of hydrogen-bond acceptors (Lipinski definition) is 5. The fraction of sp³-hybridized carbons (Fsp3) is 0.481. The molecule has 184 valence electrons. The fourth-order valence-electron chi connectivity index (χ4n) is 4.18. The molecule has 1 aliphatic rings. The van der Waals surface area contributed by atoms with Crippen molar-refractivity contribution in [3.8, 4) is 5.75 Å². The lowest BCUT2D eigenvalue weighted by Crippen LogP contribution is -2.37. The van der Waals surface area contributed by atoms with Gasteiger partial charge in [-0.25, -0.2) is 0 Å². The van der Waals surface area contributed by atoms with E-state index in [1.165, 1.54) is 0 Å². The van der Waals surface area contributed by atoms with Crippen LogP contribution in [0, 0.1) is 5.92 Å². The molecular formula is C27H37N3O4. The topological polar surface area (TPSA) is 71.1 Å². The second kappa shape index (κ2) is 11.9. The maximum absolute atomic E-state index is 13.5. The van der Waals surface area contributed by atoms with Gasteiger partial charge in [0.05, 0.1) is 13.2 Å². The largest absolute Gasteiger partial charge is 0.497 e. The summed E-state index contributed by atoms with van der Waals surface area (Å²) in [5.74, 6) is 0.924. The summed E-state index contributed by atoms with van der Waals surface area (Å²) in [5.41, 5.74) is 3.31. The molecule has 0 aromatic heterocycles. The van der Waals surface area contributed by atoms with Crippen LogP contribution in [-0.4, -0.2) is 57.2 Å². The molecule has 0 spiro atoms. The Labute approximate surface area is 203 Å². The Hall–Kier alpha value is -3.06. The van der Waals surface area contributed by atoms with E-state index in [0.29, 0.717) is 30.8 Å². The summed E-state index contributed by atoms with van der Waals surface area (Å²) in [4.78, 5) is 29.8. The number of hydrogen-bond donors (Lipinski definition) is 1. The maximum atomic E-state index is 13.5. The second-order valence-corrected chi connectivity index (χ2v) is 9.43. The number of carbonyl (C=O) groups excluding carboxylic acids is 2. The Morgan fingerprint density at radius 2 is 1.88 bits per heavy atom. The molecule has 3 rings (SSSR count). The molecule has 0 aliphatic carbocycles. The number of carbonyl (C=O) groups is 2. The Morgan fingerprint density at radius 3 is 2.47 bits per heavy atom. The molecular weight excluding hydrogens is 430 g/mol. The molecule has 34 heavy (non-hydrogen) atoms. The van der Waals surface area contributed by atoms with Gasteiger partial charge in [0.25, 0.3) is 5.91 Å². The second-order valence-electron chi connectivity index (χ2n) is 9.43. The molecule has 1 aliphatic heterocycles. The van der Waals surface area contributed by atoms with Crippen LogP contribution in [0.4, 0.5) is 11.4 Å². The van der Waals surface area contributed by atoms with Crippen LogP contribution in [0.15, 0.2) is 42.5 Å². The zero-order valence-corrected chi connectivity index (χ0v) is 21.0. The quantitative estimate of drug-likeness (QED) is 0.554. The van der Waals surface area contributed by atoms with Crippen LogP contribution in [-0.2, 0) is 16.1 Å². The first-order chi connectivity index (χ1) is 16.3. The summed E-state index contributed by atoms with van der Waals surface area (Å²) >= 11 is 0. The number of benzene rings is 2. The first kappa shape index (κ1) is 25.6. The van der Waals surface area contributed by atoms with Crippen LogP contribution in [0.5, 0.6) is 5.75 Å². The SMILES string of the molecule is COc1ccc(C(=O)N(Cc2cc(NC(=O)CC(C)C)ccc2N(C)C)C[C@@H]2CCCO2)cc1. The van der Waals surface area contributed by atoms with Crippen molar-refractivity contribution in [2.24, 2.45) is 5.92 Å². The number of nitrogens with zero attached hydrogens (tertiary/aromatic N) is 2. The highest BCUT2D eigenvalue weighted by atomic mass is 16.5. The zero-order valence-electron chi connectivity index (χ0n) is 21.0. The van der Waals surface area contributed by atoms with E-state index in [2.05, 4.69) is 5.32 Å². The average Bonchev–Trinajstić information content (AvgIpc) is 3.31. The maximum Gasteiger partial charge on any atom is 0.254 e. The van der Waals surface area contributed by atoms with Crippen molar-refractivity contribution in [3.63, 3.8) is 0 Å². The van der Waals surface area contributed by atoms with Gasteiger partial charge in [0, 0.05) is 57.2 Å². The highest BCUT2D eigenvalue weighted by Crippen LogP contribution is 2.27. The van der Waals surface area contributed by atoms with Crippen LogP contribution in [0.1, 0.15) is 49.0 Å². The van der Waals surface area contributed by atoms with E-state index in [1.807, 2.05) is 55.9 Å². The van der Waals surface area contributed by atoms with Gasteiger partial charge in [0.15, 0.2) is 0 Å². The summed E-state index contributed by atoms with van der Waals surface area (Å²) in [6.07, 6.45) is 2.44.